The Kier molecular flexibility index (Phi) is 1.91. The number of rotatable bonds is 0. The second-order valence-corrected chi connectivity index (χ2v) is 5.54. The highest BCUT2D eigenvalue weighted by Gasteiger charge is 2.55. The highest BCUT2D eigenvalue weighted by molar-refractivity contribution is 14.1. The van der Waals surface area contributed by atoms with E-state index in [2.05, 4.69) is 34.7 Å². The van der Waals surface area contributed by atoms with Crippen molar-refractivity contribution in [3.63, 3.8) is 0 Å². The summed E-state index contributed by atoms with van der Waals surface area (Å²) in [5.74, 6) is 0.263. The van der Waals surface area contributed by atoms with Gasteiger partial charge in [0.1, 0.15) is 0 Å². The highest BCUT2D eigenvalue weighted by atomic mass is 127. The Morgan fingerprint density at radius 2 is 1.36 bits per heavy atom. The lowest BCUT2D eigenvalue weighted by atomic mass is 9.88. The van der Waals surface area contributed by atoms with E-state index < -0.39 is 12.2 Å². The van der Waals surface area contributed by atoms with E-state index in [9.17, 15) is 10.2 Å². The third kappa shape index (κ3) is 0.928. The largest absolute Gasteiger partial charge is 0.390 e. The molecule has 2 aliphatic carbocycles. The number of fused-ring (bicyclic) bond motifs is 5. The summed E-state index contributed by atoms with van der Waals surface area (Å²) in [6, 6.07) is 8.14. The van der Waals surface area contributed by atoms with Gasteiger partial charge in [0, 0.05) is 15.8 Å². The van der Waals surface area contributed by atoms with Crippen molar-refractivity contribution >= 4 is 22.6 Å². The summed E-state index contributed by atoms with van der Waals surface area (Å²) < 4.78 is 0.343. The molecule has 74 valence electrons. The lowest BCUT2D eigenvalue weighted by Crippen LogP contribution is -2.30. The van der Waals surface area contributed by atoms with Crippen molar-refractivity contribution < 1.29 is 10.2 Å². The molecule has 2 N–H and O–H groups in total. The van der Waals surface area contributed by atoms with Crippen molar-refractivity contribution in [2.75, 3.05) is 0 Å². The molecule has 4 unspecified atom stereocenters. The predicted molar refractivity (Wildman–Crippen MR) is 61.7 cm³/mol. The van der Waals surface area contributed by atoms with Crippen molar-refractivity contribution in [1.29, 1.82) is 0 Å². The van der Waals surface area contributed by atoms with Crippen molar-refractivity contribution in [3.05, 3.63) is 35.4 Å². The van der Waals surface area contributed by atoms with E-state index in [1.165, 1.54) is 11.1 Å². The minimum absolute atomic E-state index is 0.131. The molecule has 3 heteroatoms. The van der Waals surface area contributed by atoms with Gasteiger partial charge < -0.3 is 10.2 Å². The fourth-order valence-electron chi connectivity index (χ4n) is 2.85. The normalized spacial score (nSPS) is 44.1. The Labute approximate surface area is 96.1 Å². The Bertz CT molecular complexity index is 344. The molecule has 0 amide bonds. The van der Waals surface area contributed by atoms with Gasteiger partial charge in [0.15, 0.2) is 0 Å². The maximum atomic E-state index is 9.85. The smallest absolute Gasteiger partial charge is 0.0884 e. The Morgan fingerprint density at radius 3 is 1.79 bits per heavy atom. The van der Waals surface area contributed by atoms with Crippen molar-refractivity contribution in [1.82, 2.24) is 0 Å². The molecule has 2 nitrogen and oxygen atoms in total. The van der Waals surface area contributed by atoms with E-state index in [0.29, 0.717) is 3.92 Å². The maximum absolute atomic E-state index is 9.85. The summed E-state index contributed by atoms with van der Waals surface area (Å²) in [6.45, 7) is 0. The lowest BCUT2D eigenvalue weighted by Gasteiger charge is -2.24. The van der Waals surface area contributed by atoms with Crippen LogP contribution in [0.25, 0.3) is 0 Å². The second-order valence-electron chi connectivity index (χ2n) is 4.11. The molecule has 0 heterocycles. The van der Waals surface area contributed by atoms with Gasteiger partial charge in [-0.15, -0.1) is 0 Å². The van der Waals surface area contributed by atoms with Crippen LogP contribution in [0.15, 0.2) is 24.3 Å². The van der Waals surface area contributed by atoms with Gasteiger partial charge in [-0.1, -0.05) is 46.9 Å². The highest BCUT2D eigenvalue weighted by Crippen LogP contribution is 2.56. The summed E-state index contributed by atoms with van der Waals surface area (Å²) in [5.41, 5.74) is 2.46. The quantitative estimate of drug-likeness (QED) is 0.562. The van der Waals surface area contributed by atoms with Gasteiger partial charge in [0.25, 0.3) is 0 Å². The number of hydrogen-bond acceptors (Lipinski definition) is 2. The zero-order valence-electron chi connectivity index (χ0n) is 7.47. The average molecular weight is 302 g/mol. The third-order valence-corrected chi connectivity index (χ3v) is 5.04. The van der Waals surface area contributed by atoms with Gasteiger partial charge >= 0.3 is 0 Å². The number of benzene rings is 1. The predicted octanol–water partition coefficient (Wildman–Crippen LogP) is 1.41. The van der Waals surface area contributed by atoms with Gasteiger partial charge in [0.2, 0.25) is 0 Å². The second kappa shape index (κ2) is 2.93. The number of alkyl halides is 1. The average Bonchev–Trinajstić information content (AvgIpc) is 2.58. The minimum atomic E-state index is -0.572. The summed E-state index contributed by atoms with van der Waals surface area (Å²) in [4.78, 5) is 0. The van der Waals surface area contributed by atoms with E-state index >= 15 is 0 Å². The maximum Gasteiger partial charge on any atom is 0.0884 e. The molecular formula is C11H11IO2. The molecule has 3 rings (SSSR count). The Morgan fingerprint density at radius 1 is 0.929 bits per heavy atom. The first-order valence-corrected chi connectivity index (χ1v) is 6.05. The van der Waals surface area contributed by atoms with Crippen molar-refractivity contribution in [2.24, 2.45) is 0 Å². The van der Waals surface area contributed by atoms with Gasteiger partial charge in [-0.25, -0.2) is 0 Å². The molecule has 1 saturated carbocycles. The van der Waals surface area contributed by atoms with Crippen LogP contribution in [0, 0.1) is 0 Å². The monoisotopic (exact) mass is 302 g/mol. The molecule has 0 aromatic heterocycles. The first-order chi connectivity index (χ1) is 6.72. The lowest BCUT2D eigenvalue weighted by molar-refractivity contribution is 0.0217. The molecule has 0 aliphatic heterocycles. The fourth-order valence-corrected chi connectivity index (χ4v) is 4.48. The van der Waals surface area contributed by atoms with E-state index in [-0.39, 0.29) is 11.8 Å². The zero-order valence-corrected chi connectivity index (χ0v) is 9.63. The Hall–Kier alpha value is -0.130. The van der Waals surface area contributed by atoms with Gasteiger partial charge in [0.05, 0.1) is 12.2 Å². The van der Waals surface area contributed by atoms with E-state index in [0.717, 1.165) is 0 Å². The molecule has 4 atom stereocenters. The standard InChI is InChI=1S/C11H11IO2/c12-9-7-5-3-1-2-4-6(5)8(9)11(14)10(7)13/h1-4,7-11,13-14H. The topological polar surface area (TPSA) is 40.5 Å². The molecule has 1 fully saturated rings. The molecule has 0 spiro atoms. The van der Waals surface area contributed by atoms with E-state index in [4.69, 9.17) is 0 Å². The minimum Gasteiger partial charge on any atom is -0.390 e. The Balaban J connectivity index is 2.19. The van der Waals surface area contributed by atoms with Crippen LogP contribution in [-0.4, -0.2) is 26.3 Å². The van der Waals surface area contributed by atoms with Crippen molar-refractivity contribution in [3.8, 4) is 0 Å². The van der Waals surface area contributed by atoms with Gasteiger partial charge in [-0.05, 0) is 11.1 Å². The summed E-state index contributed by atoms with van der Waals surface area (Å²) in [6.07, 6.45) is -1.14. The number of hydrogen-bond donors (Lipinski definition) is 2. The van der Waals surface area contributed by atoms with Crippen LogP contribution in [0.5, 0.6) is 0 Å². The molecule has 2 bridgehead atoms. The summed E-state index contributed by atoms with van der Waals surface area (Å²) >= 11 is 2.35. The first kappa shape index (κ1) is 9.12. The van der Waals surface area contributed by atoms with Crippen LogP contribution in [-0.2, 0) is 0 Å². The first-order valence-electron chi connectivity index (χ1n) is 4.81. The van der Waals surface area contributed by atoms with Crippen LogP contribution in [0.1, 0.15) is 23.0 Å². The van der Waals surface area contributed by atoms with E-state index in [1.807, 2.05) is 12.1 Å². The molecule has 14 heavy (non-hydrogen) atoms. The number of halogens is 1. The molecule has 0 radical (unpaired) electrons. The zero-order chi connectivity index (χ0) is 9.87. The molecule has 1 aromatic carbocycles. The van der Waals surface area contributed by atoms with Gasteiger partial charge in [-0.2, -0.15) is 0 Å². The summed E-state index contributed by atoms with van der Waals surface area (Å²) in [7, 11) is 0. The van der Waals surface area contributed by atoms with Crippen LogP contribution in [0.2, 0.25) is 0 Å². The number of aliphatic hydroxyl groups is 2. The van der Waals surface area contributed by atoms with Crippen molar-refractivity contribution in [2.45, 2.75) is 28.0 Å². The molecule has 0 saturated heterocycles. The third-order valence-electron chi connectivity index (χ3n) is 3.49. The van der Waals surface area contributed by atoms with Gasteiger partial charge in [-0.3, -0.25) is 0 Å². The van der Waals surface area contributed by atoms with Crippen LogP contribution < -0.4 is 0 Å². The molecule has 1 aromatic rings. The summed E-state index contributed by atoms with van der Waals surface area (Å²) in [5, 5.41) is 19.7. The van der Waals surface area contributed by atoms with Crippen LogP contribution in [0.3, 0.4) is 0 Å². The van der Waals surface area contributed by atoms with Crippen LogP contribution >= 0.6 is 22.6 Å². The fraction of sp³-hybridized carbons (Fsp3) is 0.455. The van der Waals surface area contributed by atoms with Crippen LogP contribution in [0.4, 0.5) is 0 Å². The number of aliphatic hydroxyl groups excluding tert-OH is 2. The molecular weight excluding hydrogens is 291 g/mol. The molecule has 2 aliphatic rings. The SMILES string of the molecule is OC1C(O)C2c3ccccc3C1C2I. The van der Waals surface area contributed by atoms with E-state index in [1.54, 1.807) is 0 Å².